The number of amides is 2. The zero-order chi connectivity index (χ0) is 22.6. The molecule has 1 N–H and O–H groups in total. The third-order valence-corrected chi connectivity index (χ3v) is 7.72. The molecule has 8 heteroatoms. The predicted octanol–water partition coefficient (Wildman–Crippen LogP) is 4.16. The number of halogens is 1. The highest BCUT2D eigenvalue weighted by Gasteiger charge is 2.42. The Morgan fingerprint density at radius 1 is 1.25 bits per heavy atom. The van der Waals surface area contributed by atoms with Crippen molar-refractivity contribution < 1.29 is 9.59 Å². The molecule has 2 amide bonds. The lowest BCUT2D eigenvalue weighted by Gasteiger charge is -2.49. The Kier molecular flexibility index (Phi) is 5.27. The van der Waals surface area contributed by atoms with Crippen LogP contribution in [0.3, 0.4) is 0 Å². The van der Waals surface area contributed by atoms with E-state index in [4.69, 9.17) is 11.6 Å². The molecule has 1 saturated carbocycles. The number of nitrogens with zero attached hydrogens (tertiary/aromatic N) is 4. The molecule has 1 aliphatic carbocycles. The minimum atomic E-state index is -0.0286. The summed E-state index contributed by atoms with van der Waals surface area (Å²) in [6, 6.07) is 2.14. The zero-order valence-electron chi connectivity index (χ0n) is 18.9. The first kappa shape index (κ1) is 21.4. The summed E-state index contributed by atoms with van der Waals surface area (Å²) in [6.07, 6.45) is 7.92. The van der Waals surface area contributed by atoms with Crippen LogP contribution >= 0.6 is 11.6 Å². The Labute approximate surface area is 193 Å². The molecular formula is C24H30ClN5O2. The molecule has 0 radical (unpaired) electrons. The molecule has 5 heterocycles. The van der Waals surface area contributed by atoms with Gasteiger partial charge < -0.3 is 10.2 Å². The van der Waals surface area contributed by atoms with Gasteiger partial charge in [-0.25, -0.2) is 4.98 Å². The van der Waals surface area contributed by atoms with Crippen molar-refractivity contribution in [1.29, 1.82) is 0 Å². The normalized spacial score (nSPS) is 25.6. The van der Waals surface area contributed by atoms with E-state index >= 15 is 0 Å². The minimum Gasteiger partial charge on any atom is -0.340 e. The molecule has 3 atom stereocenters. The van der Waals surface area contributed by atoms with Gasteiger partial charge in [-0.3, -0.25) is 14.3 Å². The summed E-state index contributed by atoms with van der Waals surface area (Å²) in [7, 11) is 0. The number of carbonyl (C=O) groups excluding carboxylic acids is 2. The molecule has 3 aliphatic heterocycles. The number of rotatable bonds is 4. The third-order valence-electron chi connectivity index (χ3n) is 7.42. The predicted molar refractivity (Wildman–Crippen MR) is 123 cm³/mol. The number of piperidine rings is 2. The number of hydrogen-bond donors (Lipinski definition) is 1. The van der Waals surface area contributed by atoms with E-state index < -0.39 is 0 Å². The van der Waals surface area contributed by atoms with E-state index in [1.165, 1.54) is 5.69 Å². The van der Waals surface area contributed by atoms with Crippen LogP contribution in [0.25, 0.3) is 11.1 Å². The molecule has 7 nitrogen and oxygen atoms in total. The van der Waals surface area contributed by atoms with Crippen LogP contribution in [0, 0.1) is 17.3 Å². The Hall–Kier alpha value is -2.41. The molecule has 3 fully saturated rings. The average molecular weight is 456 g/mol. The van der Waals surface area contributed by atoms with E-state index in [2.05, 4.69) is 29.2 Å². The second-order valence-electron chi connectivity index (χ2n) is 10.5. The first-order chi connectivity index (χ1) is 15.2. The minimum absolute atomic E-state index is 0.0286. The topological polar surface area (TPSA) is 80.1 Å². The summed E-state index contributed by atoms with van der Waals surface area (Å²) in [5, 5.41) is 8.07. The van der Waals surface area contributed by atoms with Gasteiger partial charge in [0.15, 0.2) is 0 Å². The molecule has 2 aromatic rings. The smallest absolute Gasteiger partial charge is 0.225 e. The summed E-state index contributed by atoms with van der Waals surface area (Å²) in [5.41, 5.74) is 3.21. The van der Waals surface area contributed by atoms with Gasteiger partial charge in [-0.15, -0.1) is 0 Å². The summed E-state index contributed by atoms with van der Waals surface area (Å²) in [6.45, 7) is 7.78. The van der Waals surface area contributed by atoms with Gasteiger partial charge in [-0.05, 0) is 49.0 Å². The lowest BCUT2D eigenvalue weighted by atomic mass is 9.70. The Bertz CT molecular complexity index is 1080. The van der Waals surface area contributed by atoms with Gasteiger partial charge in [0.05, 0.1) is 11.2 Å². The highest BCUT2D eigenvalue weighted by Crippen LogP contribution is 2.42. The van der Waals surface area contributed by atoms with Crippen LogP contribution in [0.1, 0.15) is 52.1 Å². The fraction of sp³-hybridized carbons (Fsp3) is 0.583. The van der Waals surface area contributed by atoms with E-state index in [9.17, 15) is 9.59 Å². The van der Waals surface area contributed by atoms with E-state index in [1.54, 1.807) is 13.1 Å². The van der Waals surface area contributed by atoms with Gasteiger partial charge >= 0.3 is 0 Å². The van der Waals surface area contributed by atoms with Crippen LogP contribution in [-0.2, 0) is 22.6 Å². The first-order valence-electron chi connectivity index (χ1n) is 11.5. The van der Waals surface area contributed by atoms with Crippen molar-refractivity contribution in [2.45, 2.75) is 65.5 Å². The summed E-state index contributed by atoms with van der Waals surface area (Å²) in [4.78, 5) is 31.0. The Morgan fingerprint density at radius 2 is 2.06 bits per heavy atom. The van der Waals surface area contributed by atoms with Gasteiger partial charge in [-0.1, -0.05) is 25.4 Å². The zero-order valence-corrected chi connectivity index (χ0v) is 19.7. The van der Waals surface area contributed by atoms with Crippen molar-refractivity contribution in [3.63, 3.8) is 0 Å². The quantitative estimate of drug-likeness (QED) is 0.750. The van der Waals surface area contributed by atoms with E-state index in [0.29, 0.717) is 29.1 Å². The molecule has 32 heavy (non-hydrogen) atoms. The monoisotopic (exact) mass is 455 g/mol. The SMILES string of the molecule is CC(=O)N1CC2CCC1CC2CC(=O)Nc1cc(-c2cnn3c2CC(C)(C)C3)c(Cl)cn1. The average Bonchev–Trinajstić information content (AvgIpc) is 3.24. The molecule has 0 aromatic carbocycles. The van der Waals surface area contributed by atoms with E-state index in [1.807, 2.05) is 21.8 Å². The maximum absolute atomic E-state index is 12.8. The summed E-state index contributed by atoms with van der Waals surface area (Å²) < 4.78 is 2.05. The second-order valence-corrected chi connectivity index (χ2v) is 10.9. The number of hydrogen-bond acceptors (Lipinski definition) is 4. The molecule has 0 spiro atoms. The van der Waals surface area contributed by atoms with E-state index in [-0.39, 0.29) is 23.3 Å². The summed E-state index contributed by atoms with van der Waals surface area (Å²) in [5.74, 6) is 1.35. The largest absolute Gasteiger partial charge is 0.340 e. The molecule has 6 rings (SSSR count). The standard InChI is InChI=1S/C24H30ClN5O2/c1-14(31)29-12-15-4-5-17(29)6-16(15)7-23(32)28-22-8-18(20(25)11-26-22)19-10-27-30-13-24(2,3)9-21(19)30/h8,10-11,15-17H,4-7,9,12-13H2,1-3H3,(H,26,28,32). The molecular weight excluding hydrogens is 426 g/mol. The summed E-state index contributed by atoms with van der Waals surface area (Å²) >= 11 is 6.49. The lowest BCUT2D eigenvalue weighted by molar-refractivity contribution is -0.138. The molecule has 4 aliphatic rings. The van der Waals surface area contributed by atoms with Crippen molar-refractivity contribution in [2.24, 2.45) is 17.3 Å². The number of nitrogens with one attached hydrogen (secondary N) is 1. The van der Waals surface area contributed by atoms with Crippen molar-refractivity contribution in [3.8, 4) is 11.1 Å². The van der Waals surface area contributed by atoms with Crippen molar-refractivity contribution in [1.82, 2.24) is 19.7 Å². The van der Waals surface area contributed by atoms with Crippen LogP contribution in [0.15, 0.2) is 18.5 Å². The highest BCUT2D eigenvalue weighted by atomic mass is 35.5. The van der Waals surface area contributed by atoms with Gasteiger partial charge in [0, 0.05) is 55.5 Å². The number of carbonyl (C=O) groups is 2. The fourth-order valence-corrected chi connectivity index (χ4v) is 6.09. The molecule has 3 unspecified atom stereocenters. The van der Waals surface area contributed by atoms with E-state index in [0.717, 1.165) is 49.9 Å². The number of fused-ring (bicyclic) bond motifs is 4. The number of pyridine rings is 1. The third kappa shape index (κ3) is 3.91. The maximum Gasteiger partial charge on any atom is 0.225 e. The number of anilines is 1. The van der Waals surface area contributed by atoms with Gasteiger partial charge in [0.25, 0.3) is 0 Å². The second kappa shape index (κ2) is 7.87. The first-order valence-corrected chi connectivity index (χ1v) is 11.9. The van der Waals surface area contributed by atoms with Crippen LogP contribution in [0.4, 0.5) is 5.82 Å². The van der Waals surface area contributed by atoms with Crippen molar-refractivity contribution in [3.05, 3.63) is 29.2 Å². The van der Waals surface area contributed by atoms with Crippen molar-refractivity contribution in [2.75, 3.05) is 11.9 Å². The molecule has 2 saturated heterocycles. The molecule has 170 valence electrons. The lowest BCUT2D eigenvalue weighted by Crippen LogP contribution is -2.54. The van der Waals surface area contributed by atoms with Crippen molar-refractivity contribution >= 4 is 29.2 Å². The molecule has 2 bridgehead atoms. The maximum atomic E-state index is 12.8. The van der Waals surface area contributed by atoms with Crippen LogP contribution < -0.4 is 5.32 Å². The molecule has 2 aromatic heterocycles. The van der Waals surface area contributed by atoms with Gasteiger partial charge in [-0.2, -0.15) is 5.10 Å². The van der Waals surface area contributed by atoms with Crippen LogP contribution in [0.2, 0.25) is 5.02 Å². The number of aromatic nitrogens is 3. The van der Waals surface area contributed by atoms with Gasteiger partial charge in [0.1, 0.15) is 5.82 Å². The fourth-order valence-electron chi connectivity index (χ4n) is 5.88. The Morgan fingerprint density at radius 3 is 2.78 bits per heavy atom. The van der Waals surface area contributed by atoms with Crippen LogP contribution in [-0.4, -0.2) is 44.1 Å². The van der Waals surface area contributed by atoms with Gasteiger partial charge in [0.2, 0.25) is 11.8 Å². The Balaban J connectivity index is 1.28. The van der Waals surface area contributed by atoms with Crippen LogP contribution in [0.5, 0.6) is 0 Å². The highest BCUT2D eigenvalue weighted by molar-refractivity contribution is 6.33.